The fourth-order valence-corrected chi connectivity index (χ4v) is 7.39. The maximum absolute atomic E-state index is 9.72. The van der Waals surface area contributed by atoms with Crippen molar-refractivity contribution in [2.45, 2.75) is 72.1 Å². The van der Waals surface area contributed by atoms with E-state index in [1.54, 1.807) is 5.57 Å². The Bertz CT molecular complexity index is 541. The molecule has 0 aromatic heterocycles. The lowest BCUT2D eigenvalue weighted by atomic mass is 9.47. The largest absolute Gasteiger partial charge is 0.198 e. The maximum atomic E-state index is 9.72. The standard InChI is InChI=1S/C21H31N/c1-14-12-18-16-8-7-15-6-4-5-10-20(15,2)17(16)9-11-21(18,3)19(14)13-22/h6,14,16-19H,4-5,7-12H2,1-3H3. The molecule has 4 aliphatic carbocycles. The van der Waals surface area contributed by atoms with Gasteiger partial charge in [0.05, 0.1) is 12.0 Å². The van der Waals surface area contributed by atoms with Gasteiger partial charge in [0.1, 0.15) is 0 Å². The van der Waals surface area contributed by atoms with E-state index in [-0.39, 0.29) is 0 Å². The Balaban J connectivity index is 1.69. The van der Waals surface area contributed by atoms with Crippen molar-refractivity contribution in [2.24, 2.45) is 40.4 Å². The van der Waals surface area contributed by atoms with E-state index >= 15 is 0 Å². The molecule has 0 spiro atoms. The summed E-state index contributed by atoms with van der Waals surface area (Å²) >= 11 is 0. The summed E-state index contributed by atoms with van der Waals surface area (Å²) < 4.78 is 0. The van der Waals surface area contributed by atoms with Crippen molar-refractivity contribution in [3.05, 3.63) is 11.6 Å². The first-order valence-electron chi connectivity index (χ1n) is 9.60. The fourth-order valence-electron chi connectivity index (χ4n) is 7.39. The third-order valence-corrected chi connectivity index (χ3v) is 8.51. The monoisotopic (exact) mass is 297 g/mol. The molecule has 7 atom stereocenters. The maximum Gasteiger partial charge on any atom is 0.0664 e. The number of hydrogen-bond acceptors (Lipinski definition) is 1. The van der Waals surface area contributed by atoms with Crippen LogP contribution in [0.2, 0.25) is 0 Å². The zero-order valence-electron chi connectivity index (χ0n) is 14.6. The number of nitrogens with zero attached hydrogens (tertiary/aromatic N) is 1. The number of hydrogen-bond donors (Lipinski definition) is 0. The molecule has 0 radical (unpaired) electrons. The highest BCUT2D eigenvalue weighted by Crippen LogP contribution is 2.67. The van der Waals surface area contributed by atoms with E-state index in [1.165, 1.54) is 51.4 Å². The minimum Gasteiger partial charge on any atom is -0.198 e. The Kier molecular flexibility index (Phi) is 3.27. The third kappa shape index (κ3) is 1.76. The lowest BCUT2D eigenvalue weighted by molar-refractivity contribution is -0.0445. The lowest BCUT2D eigenvalue weighted by Crippen LogP contribution is -2.49. The van der Waals surface area contributed by atoms with Gasteiger partial charge in [0, 0.05) is 0 Å². The van der Waals surface area contributed by atoms with Gasteiger partial charge in [0.2, 0.25) is 0 Å². The van der Waals surface area contributed by atoms with Crippen LogP contribution >= 0.6 is 0 Å². The van der Waals surface area contributed by atoms with Gasteiger partial charge in [-0.1, -0.05) is 32.4 Å². The van der Waals surface area contributed by atoms with E-state index in [0.29, 0.717) is 22.7 Å². The zero-order chi connectivity index (χ0) is 15.5. The molecule has 0 saturated heterocycles. The summed E-state index contributed by atoms with van der Waals surface area (Å²) in [7, 11) is 0. The average Bonchev–Trinajstić information content (AvgIpc) is 2.76. The van der Waals surface area contributed by atoms with E-state index in [0.717, 1.165) is 17.8 Å². The number of fused-ring (bicyclic) bond motifs is 5. The molecule has 0 aliphatic heterocycles. The summed E-state index contributed by atoms with van der Waals surface area (Å²) in [5.74, 6) is 3.51. The summed E-state index contributed by atoms with van der Waals surface area (Å²) in [6.45, 7) is 7.38. The lowest BCUT2D eigenvalue weighted by Gasteiger charge is -2.57. The van der Waals surface area contributed by atoms with Gasteiger partial charge < -0.3 is 0 Å². The van der Waals surface area contributed by atoms with Gasteiger partial charge in [-0.2, -0.15) is 5.26 Å². The molecule has 22 heavy (non-hydrogen) atoms. The molecule has 4 aliphatic rings. The van der Waals surface area contributed by atoms with Crippen molar-refractivity contribution in [1.29, 1.82) is 5.26 Å². The molecule has 3 saturated carbocycles. The summed E-state index contributed by atoms with van der Waals surface area (Å²) in [6, 6.07) is 2.70. The molecule has 1 nitrogen and oxygen atoms in total. The number of allylic oxidation sites excluding steroid dienone is 2. The van der Waals surface area contributed by atoms with E-state index in [2.05, 4.69) is 32.9 Å². The molecule has 4 rings (SSSR count). The van der Waals surface area contributed by atoms with Crippen molar-refractivity contribution in [2.75, 3.05) is 0 Å². The predicted octanol–water partition coefficient (Wildman–Crippen LogP) is 5.73. The van der Waals surface area contributed by atoms with Crippen molar-refractivity contribution in [3.63, 3.8) is 0 Å². The van der Waals surface area contributed by atoms with Crippen LogP contribution < -0.4 is 0 Å². The van der Waals surface area contributed by atoms with Gasteiger partial charge in [0.15, 0.2) is 0 Å². The Morgan fingerprint density at radius 3 is 2.77 bits per heavy atom. The number of nitriles is 1. The normalized spacial score (nSPS) is 53.7. The van der Waals surface area contributed by atoms with Crippen LogP contribution in [0.5, 0.6) is 0 Å². The van der Waals surface area contributed by atoms with Gasteiger partial charge in [0.25, 0.3) is 0 Å². The highest BCUT2D eigenvalue weighted by Gasteiger charge is 2.60. The summed E-state index contributed by atoms with van der Waals surface area (Å²) in [5.41, 5.74) is 2.60. The molecule has 0 bridgehead atoms. The van der Waals surface area contributed by atoms with Crippen LogP contribution in [0.15, 0.2) is 11.6 Å². The molecule has 0 N–H and O–H groups in total. The Labute approximate surface area is 136 Å². The second kappa shape index (κ2) is 4.86. The smallest absolute Gasteiger partial charge is 0.0664 e. The van der Waals surface area contributed by atoms with E-state index in [1.807, 2.05) is 0 Å². The molecule has 0 amide bonds. The van der Waals surface area contributed by atoms with Gasteiger partial charge in [-0.3, -0.25) is 0 Å². The SMILES string of the molecule is CC1CC2C3CCC4=CCCCC4(C)C3CCC2(C)C1C#N. The van der Waals surface area contributed by atoms with Crippen LogP contribution in [0, 0.1) is 51.8 Å². The molecule has 0 aromatic carbocycles. The van der Waals surface area contributed by atoms with E-state index in [4.69, 9.17) is 0 Å². The summed E-state index contributed by atoms with van der Waals surface area (Å²) in [5, 5.41) is 9.72. The molecule has 3 fully saturated rings. The van der Waals surface area contributed by atoms with Gasteiger partial charge in [-0.05, 0) is 85.9 Å². The van der Waals surface area contributed by atoms with Crippen LogP contribution in [0.1, 0.15) is 72.1 Å². The molecular formula is C21H31N. The van der Waals surface area contributed by atoms with Crippen LogP contribution in [0.25, 0.3) is 0 Å². The molecular weight excluding hydrogens is 266 g/mol. The first kappa shape index (κ1) is 14.8. The van der Waals surface area contributed by atoms with E-state index in [9.17, 15) is 5.26 Å². The Morgan fingerprint density at radius 1 is 1.18 bits per heavy atom. The molecule has 0 aromatic rings. The average molecular weight is 297 g/mol. The number of rotatable bonds is 0. The quantitative estimate of drug-likeness (QED) is 0.524. The predicted molar refractivity (Wildman–Crippen MR) is 90.0 cm³/mol. The summed E-state index contributed by atoms with van der Waals surface area (Å²) in [4.78, 5) is 0. The molecule has 7 unspecified atom stereocenters. The molecule has 120 valence electrons. The van der Waals surface area contributed by atoms with Crippen molar-refractivity contribution in [1.82, 2.24) is 0 Å². The minimum absolute atomic E-state index is 0.301. The van der Waals surface area contributed by atoms with Crippen LogP contribution in [0.4, 0.5) is 0 Å². The van der Waals surface area contributed by atoms with Crippen molar-refractivity contribution >= 4 is 0 Å². The van der Waals surface area contributed by atoms with Gasteiger partial charge in [-0.25, -0.2) is 0 Å². The second-order valence-electron chi connectivity index (χ2n) is 9.32. The Morgan fingerprint density at radius 2 is 2.00 bits per heavy atom. The minimum atomic E-state index is 0.301. The molecule has 1 heteroatoms. The zero-order valence-corrected chi connectivity index (χ0v) is 14.6. The first-order chi connectivity index (χ1) is 10.5. The summed E-state index contributed by atoms with van der Waals surface area (Å²) in [6.07, 6.45) is 13.4. The fraction of sp³-hybridized carbons (Fsp3) is 0.857. The van der Waals surface area contributed by atoms with Crippen LogP contribution in [0.3, 0.4) is 0 Å². The first-order valence-corrected chi connectivity index (χ1v) is 9.60. The Hall–Kier alpha value is -0.770. The van der Waals surface area contributed by atoms with Crippen molar-refractivity contribution < 1.29 is 0 Å². The third-order valence-electron chi connectivity index (χ3n) is 8.51. The molecule has 0 heterocycles. The van der Waals surface area contributed by atoms with E-state index < -0.39 is 0 Å². The van der Waals surface area contributed by atoms with Crippen LogP contribution in [-0.2, 0) is 0 Å². The highest BCUT2D eigenvalue weighted by atomic mass is 14.6. The topological polar surface area (TPSA) is 23.8 Å². The van der Waals surface area contributed by atoms with Crippen molar-refractivity contribution in [3.8, 4) is 6.07 Å². The van der Waals surface area contributed by atoms with Crippen LogP contribution in [-0.4, -0.2) is 0 Å². The van der Waals surface area contributed by atoms with Gasteiger partial charge in [-0.15, -0.1) is 0 Å². The van der Waals surface area contributed by atoms with Gasteiger partial charge >= 0.3 is 0 Å². The second-order valence-corrected chi connectivity index (χ2v) is 9.32. The highest BCUT2D eigenvalue weighted by molar-refractivity contribution is 5.24.